The van der Waals surface area contributed by atoms with Gasteiger partial charge in [0.25, 0.3) is 0 Å². The van der Waals surface area contributed by atoms with Gasteiger partial charge in [0.2, 0.25) is 0 Å². The number of nitrogens with one attached hydrogen (secondary N) is 2. The molecule has 1 rings (SSSR count). The number of aliphatic hydroxyl groups is 1. The number of hydrogen-bond donors (Lipinski definition) is 3. The summed E-state index contributed by atoms with van der Waals surface area (Å²) >= 11 is 0. The Labute approximate surface area is 181 Å². The maximum atomic E-state index is 9.19. The molecule has 1 aromatic rings. The first-order chi connectivity index (χ1) is 12.5. The highest BCUT2D eigenvalue weighted by molar-refractivity contribution is 14.0. The normalized spacial score (nSPS) is 11.7. The van der Waals surface area contributed by atoms with Crippen LogP contribution in [0.25, 0.3) is 0 Å². The second kappa shape index (κ2) is 14.9. The van der Waals surface area contributed by atoms with Crippen LogP contribution in [0.4, 0.5) is 0 Å². The first kappa shape index (κ1) is 25.9. The third kappa shape index (κ3) is 12.1. The maximum Gasteiger partial charge on any atom is 0.191 e. The van der Waals surface area contributed by atoms with Gasteiger partial charge in [0.05, 0.1) is 13.7 Å². The molecule has 0 aliphatic rings. The van der Waals surface area contributed by atoms with Gasteiger partial charge in [-0.25, -0.2) is 4.99 Å². The van der Waals surface area contributed by atoms with Gasteiger partial charge in [-0.2, -0.15) is 0 Å². The Balaban J connectivity index is 0.00000676. The number of halogens is 1. The third-order valence-corrected chi connectivity index (χ3v) is 4.06. The van der Waals surface area contributed by atoms with E-state index in [1.807, 2.05) is 31.2 Å². The Hall–Kier alpha value is -1.06. The van der Waals surface area contributed by atoms with Crippen LogP contribution in [0.5, 0.6) is 5.75 Å². The standard InChI is InChI=1S/C20H35N3O3.HI/c1-5-26-14-6-12-21-19(23-16-20(2,3)11-13-24)22-15-17-7-9-18(25-4)10-8-17;/h7-10,24H,5-6,11-16H2,1-4H3,(H2,21,22,23);1H. The van der Waals surface area contributed by atoms with E-state index in [-0.39, 0.29) is 36.0 Å². The first-order valence-corrected chi connectivity index (χ1v) is 9.34. The highest BCUT2D eigenvalue weighted by atomic mass is 127. The molecule has 0 saturated heterocycles. The van der Waals surface area contributed by atoms with Crippen molar-refractivity contribution >= 4 is 29.9 Å². The van der Waals surface area contributed by atoms with Crippen molar-refractivity contribution in [2.75, 3.05) is 40.0 Å². The van der Waals surface area contributed by atoms with Crippen LogP contribution in [-0.2, 0) is 11.3 Å². The second-order valence-corrected chi connectivity index (χ2v) is 6.98. The molecule has 0 spiro atoms. The van der Waals surface area contributed by atoms with E-state index in [2.05, 4.69) is 29.5 Å². The van der Waals surface area contributed by atoms with Crippen LogP contribution < -0.4 is 15.4 Å². The number of hydrogen-bond acceptors (Lipinski definition) is 4. The Kier molecular flexibility index (Phi) is 14.3. The Bertz CT molecular complexity index is 522. The van der Waals surface area contributed by atoms with Gasteiger partial charge < -0.3 is 25.2 Å². The SMILES string of the molecule is CCOCCCNC(=NCc1ccc(OC)cc1)NCC(C)(C)CCO.I. The smallest absolute Gasteiger partial charge is 0.191 e. The van der Waals surface area contributed by atoms with Crippen LogP contribution in [0.3, 0.4) is 0 Å². The molecule has 1 aromatic carbocycles. The summed E-state index contributed by atoms with van der Waals surface area (Å²) in [6.45, 7) is 10.1. The van der Waals surface area contributed by atoms with Crippen molar-refractivity contribution < 1.29 is 14.6 Å². The monoisotopic (exact) mass is 493 g/mol. The zero-order chi connectivity index (χ0) is 19.3. The van der Waals surface area contributed by atoms with Crippen molar-refractivity contribution in [3.05, 3.63) is 29.8 Å². The van der Waals surface area contributed by atoms with Gasteiger partial charge in [0, 0.05) is 32.9 Å². The Morgan fingerprint density at radius 1 is 1.19 bits per heavy atom. The number of aliphatic hydroxyl groups excluding tert-OH is 1. The molecule has 0 saturated carbocycles. The predicted molar refractivity (Wildman–Crippen MR) is 122 cm³/mol. The van der Waals surface area contributed by atoms with Crippen molar-refractivity contribution in [2.24, 2.45) is 10.4 Å². The number of rotatable bonds is 12. The average molecular weight is 493 g/mol. The van der Waals surface area contributed by atoms with Gasteiger partial charge in [0.1, 0.15) is 5.75 Å². The number of guanidine groups is 1. The number of benzene rings is 1. The summed E-state index contributed by atoms with van der Waals surface area (Å²) in [4.78, 5) is 4.68. The Morgan fingerprint density at radius 3 is 2.48 bits per heavy atom. The summed E-state index contributed by atoms with van der Waals surface area (Å²) in [7, 11) is 1.66. The van der Waals surface area contributed by atoms with Gasteiger partial charge in [-0.3, -0.25) is 0 Å². The molecule has 0 radical (unpaired) electrons. The van der Waals surface area contributed by atoms with Crippen molar-refractivity contribution in [3.63, 3.8) is 0 Å². The van der Waals surface area contributed by atoms with E-state index < -0.39 is 0 Å². The Morgan fingerprint density at radius 2 is 1.89 bits per heavy atom. The van der Waals surface area contributed by atoms with Gasteiger partial charge in [-0.05, 0) is 42.9 Å². The summed E-state index contributed by atoms with van der Waals surface area (Å²) in [5.74, 6) is 1.62. The minimum atomic E-state index is 0. The fourth-order valence-electron chi connectivity index (χ4n) is 2.32. The van der Waals surface area contributed by atoms with E-state index in [0.29, 0.717) is 6.54 Å². The van der Waals surface area contributed by atoms with Crippen molar-refractivity contribution in [3.8, 4) is 5.75 Å². The van der Waals surface area contributed by atoms with E-state index in [1.165, 1.54) is 0 Å². The fourth-order valence-corrected chi connectivity index (χ4v) is 2.32. The lowest BCUT2D eigenvalue weighted by Crippen LogP contribution is -2.42. The minimum absolute atomic E-state index is 0. The van der Waals surface area contributed by atoms with E-state index in [4.69, 9.17) is 9.47 Å². The lowest BCUT2D eigenvalue weighted by atomic mass is 9.90. The van der Waals surface area contributed by atoms with Gasteiger partial charge in [0.15, 0.2) is 5.96 Å². The molecule has 156 valence electrons. The summed E-state index contributed by atoms with van der Waals surface area (Å²) in [5.41, 5.74) is 1.12. The van der Waals surface area contributed by atoms with Crippen LogP contribution in [0.1, 0.15) is 39.2 Å². The molecule has 3 N–H and O–H groups in total. The van der Waals surface area contributed by atoms with Gasteiger partial charge in [-0.1, -0.05) is 26.0 Å². The molecular weight excluding hydrogens is 457 g/mol. The maximum absolute atomic E-state index is 9.19. The van der Waals surface area contributed by atoms with Crippen LogP contribution in [0.2, 0.25) is 0 Å². The number of ether oxygens (including phenoxy) is 2. The minimum Gasteiger partial charge on any atom is -0.497 e. The van der Waals surface area contributed by atoms with E-state index in [9.17, 15) is 5.11 Å². The molecule has 0 fully saturated rings. The molecular formula is C20H36IN3O3. The molecule has 0 unspecified atom stereocenters. The molecule has 0 aromatic heterocycles. The van der Waals surface area contributed by atoms with E-state index >= 15 is 0 Å². The molecule has 27 heavy (non-hydrogen) atoms. The van der Waals surface area contributed by atoms with Crippen LogP contribution in [0.15, 0.2) is 29.3 Å². The molecule has 6 nitrogen and oxygen atoms in total. The van der Waals surface area contributed by atoms with E-state index in [1.54, 1.807) is 7.11 Å². The molecule has 0 aliphatic heterocycles. The van der Waals surface area contributed by atoms with Crippen molar-refractivity contribution in [1.82, 2.24) is 10.6 Å². The fraction of sp³-hybridized carbons (Fsp3) is 0.650. The number of aliphatic imine (C=N–C) groups is 1. The topological polar surface area (TPSA) is 75.1 Å². The van der Waals surface area contributed by atoms with Crippen LogP contribution in [0, 0.1) is 5.41 Å². The van der Waals surface area contributed by atoms with Gasteiger partial charge >= 0.3 is 0 Å². The largest absolute Gasteiger partial charge is 0.497 e. The lowest BCUT2D eigenvalue weighted by Gasteiger charge is -2.25. The number of nitrogens with zero attached hydrogens (tertiary/aromatic N) is 1. The van der Waals surface area contributed by atoms with Crippen molar-refractivity contribution in [2.45, 2.75) is 40.2 Å². The third-order valence-electron chi connectivity index (χ3n) is 4.06. The number of methoxy groups -OCH3 is 1. The average Bonchev–Trinajstić information content (AvgIpc) is 2.63. The molecule has 0 bridgehead atoms. The summed E-state index contributed by atoms with van der Waals surface area (Å²) < 4.78 is 10.6. The molecule has 7 heteroatoms. The zero-order valence-electron chi connectivity index (χ0n) is 17.1. The lowest BCUT2D eigenvalue weighted by molar-refractivity contribution is 0.145. The quantitative estimate of drug-likeness (QED) is 0.181. The highest BCUT2D eigenvalue weighted by Crippen LogP contribution is 2.18. The van der Waals surface area contributed by atoms with Gasteiger partial charge in [-0.15, -0.1) is 24.0 Å². The van der Waals surface area contributed by atoms with E-state index in [0.717, 1.165) is 56.4 Å². The van der Waals surface area contributed by atoms with Crippen LogP contribution >= 0.6 is 24.0 Å². The summed E-state index contributed by atoms with van der Waals surface area (Å²) in [6, 6.07) is 7.92. The molecule has 0 atom stereocenters. The summed E-state index contributed by atoms with van der Waals surface area (Å²) in [6.07, 6.45) is 1.67. The summed E-state index contributed by atoms with van der Waals surface area (Å²) in [5, 5.41) is 15.9. The second-order valence-electron chi connectivity index (χ2n) is 6.98. The first-order valence-electron chi connectivity index (χ1n) is 9.34. The predicted octanol–water partition coefficient (Wildman–Crippen LogP) is 3.18. The van der Waals surface area contributed by atoms with Crippen molar-refractivity contribution in [1.29, 1.82) is 0 Å². The zero-order valence-corrected chi connectivity index (χ0v) is 19.4. The molecule has 0 heterocycles. The molecule has 0 aliphatic carbocycles. The van der Waals surface area contributed by atoms with Crippen LogP contribution in [-0.4, -0.2) is 51.1 Å². The highest BCUT2D eigenvalue weighted by Gasteiger charge is 2.17. The molecule has 0 amide bonds.